The van der Waals surface area contributed by atoms with Gasteiger partial charge in [-0.25, -0.2) is 0 Å². The highest BCUT2D eigenvalue weighted by Crippen LogP contribution is 2.45. The van der Waals surface area contributed by atoms with Crippen LogP contribution in [0.4, 0.5) is 0 Å². The van der Waals surface area contributed by atoms with E-state index in [9.17, 15) is 5.26 Å². The van der Waals surface area contributed by atoms with Crippen molar-refractivity contribution in [2.24, 2.45) is 0 Å². The molecule has 0 aromatic heterocycles. The smallest absolute Gasteiger partial charge is 0.0994 e. The Morgan fingerprint density at radius 2 is 1.74 bits per heavy atom. The molecule has 0 fully saturated rings. The molecule has 1 aliphatic rings. The Hall–Kier alpha value is -3.63. The van der Waals surface area contributed by atoms with Crippen molar-refractivity contribution in [2.75, 3.05) is 0 Å². The van der Waals surface area contributed by atoms with E-state index in [-0.39, 0.29) is 5.41 Å². The second-order valence-electron chi connectivity index (χ2n) is 8.67. The standard InChI is InChI=1S/C30H27N/c1-5-9-24(22-14-16-23(17-15-22)28-13-7-6-10-21(28)2)18-27-19-25-11-8-12-26(20-31)29(25)30(27,3)4/h5-18H,1,19H2,2-4H3/b24-9+,27-18+. The average Bonchev–Trinajstić information content (AvgIpc) is 3.04. The number of nitriles is 1. The van der Waals surface area contributed by atoms with Gasteiger partial charge in [0.15, 0.2) is 0 Å². The van der Waals surface area contributed by atoms with Crippen LogP contribution in [-0.4, -0.2) is 0 Å². The van der Waals surface area contributed by atoms with Crippen molar-refractivity contribution in [3.63, 3.8) is 0 Å². The van der Waals surface area contributed by atoms with Gasteiger partial charge in [-0.1, -0.05) is 105 Å². The molecule has 0 atom stereocenters. The molecule has 1 nitrogen and oxygen atoms in total. The maximum Gasteiger partial charge on any atom is 0.0994 e. The molecule has 0 unspecified atom stereocenters. The number of benzene rings is 3. The first-order valence-electron chi connectivity index (χ1n) is 10.7. The summed E-state index contributed by atoms with van der Waals surface area (Å²) >= 11 is 0. The fourth-order valence-electron chi connectivity index (χ4n) is 4.68. The molecule has 0 radical (unpaired) electrons. The molecule has 0 bridgehead atoms. The Labute approximate surface area is 185 Å². The Balaban J connectivity index is 1.72. The van der Waals surface area contributed by atoms with Crippen LogP contribution in [0.2, 0.25) is 0 Å². The van der Waals surface area contributed by atoms with Crippen LogP contribution in [0.1, 0.15) is 41.7 Å². The summed E-state index contributed by atoms with van der Waals surface area (Å²) in [5.41, 5.74) is 10.4. The normalized spacial score (nSPS) is 16.1. The van der Waals surface area contributed by atoms with Gasteiger partial charge in [0.05, 0.1) is 11.6 Å². The summed E-state index contributed by atoms with van der Waals surface area (Å²) in [6, 6.07) is 25.7. The molecule has 0 N–H and O–H groups in total. The quantitative estimate of drug-likeness (QED) is 0.414. The molecule has 0 saturated carbocycles. The topological polar surface area (TPSA) is 23.8 Å². The summed E-state index contributed by atoms with van der Waals surface area (Å²) < 4.78 is 0. The minimum Gasteiger partial charge on any atom is -0.192 e. The van der Waals surface area contributed by atoms with Crippen LogP contribution in [0.15, 0.2) is 97.1 Å². The maximum absolute atomic E-state index is 9.61. The molecule has 0 amide bonds. The lowest BCUT2D eigenvalue weighted by Gasteiger charge is -2.23. The number of hydrogen-bond acceptors (Lipinski definition) is 1. The van der Waals surface area contributed by atoms with E-state index in [0.29, 0.717) is 0 Å². The minimum absolute atomic E-state index is 0.178. The van der Waals surface area contributed by atoms with Gasteiger partial charge >= 0.3 is 0 Å². The van der Waals surface area contributed by atoms with Gasteiger partial charge in [0, 0.05) is 5.41 Å². The second-order valence-corrected chi connectivity index (χ2v) is 8.67. The van der Waals surface area contributed by atoms with E-state index in [1.807, 2.05) is 18.2 Å². The third kappa shape index (κ3) is 3.78. The first-order chi connectivity index (χ1) is 15.0. The van der Waals surface area contributed by atoms with Crippen LogP contribution < -0.4 is 0 Å². The van der Waals surface area contributed by atoms with Crippen molar-refractivity contribution in [3.05, 3.63) is 125 Å². The van der Waals surface area contributed by atoms with Gasteiger partial charge in [0.25, 0.3) is 0 Å². The van der Waals surface area contributed by atoms with Crippen LogP contribution in [0.5, 0.6) is 0 Å². The van der Waals surface area contributed by atoms with Crippen molar-refractivity contribution in [2.45, 2.75) is 32.6 Å². The molecule has 0 aliphatic heterocycles. The fraction of sp³-hybridized carbons (Fsp3) is 0.167. The van der Waals surface area contributed by atoms with Crippen LogP contribution in [0.25, 0.3) is 16.7 Å². The van der Waals surface area contributed by atoms with E-state index in [1.165, 1.54) is 27.8 Å². The molecule has 31 heavy (non-hydrogen) atoms. The lowest BCUT2D eigenvalue weighted by Crippen LogP contribution is -2.17. The van der Waals surface area contributed by atoms with Crippen molar-refractivity contribution < 1.29 is 0 Å². The molecular weight excluding hydrogens is 374 g/mol. The molecule has 0 saturated heterocycles. The zero-order chi connectivity index (χ0) is 22.0. The fourth-order valence-corrected chi connectivity index (χ4v) is 4.68. The Kier molecular flexibility index (Phi) is 5.49. The molecule has 4 rings (SSSR count). The highest BCUT2D eigenvalue weighted by molar-refractivity contribution is 5.79. The number of hydrogen-bond donors (Lipinski definition) is 0. The number of allylic oxidation sites excluding steroid dienone is 5. The molecular formula is C30H27N. The molecule has 0 heterocycles. The van der Waals surface area contributed by atoms with Gasteiger partial charge < -0.3 is 0 Å². The Bertz CT molecular complexity index is 1240. The Morgan fingerprint density at radius 3 is 2.42 bits per heavy atom. The predicted molar refractivity (Wildman–Crippen MR) is 131 cm³/mol. The summed E-state index contributed by atoms with van der Waals surface area (Å²) in [7, 11) is 0. The zero-order valence-corrected chi connectivity index (χ0v) is 18.4. The van der Waals surface area contributed by atoms with Crippen LogP contribution in [0, 0.1) is 18.3 Å². The molecule has 3 aromatic rings. The summed E-state index contributed by atoms with van der Waals surface area (Å²) in [4.78, 5) is 0. The lowest BCUT2D eigenvalue weighted by molar-refractivity contribution is 0.643. The van der Waals surface area contributed by atoms with E-state index in [4.69, 9.17) is 0 Å². The van der Waals surface area contributed by atoms with Gasteiger partial charge in [-0.3, -0.25) is 0 Å². The van der Waals surface area contributed by atoms with Crippen molar-refractivity contribution in [3.8, 4) is 17.2 Å². The number of fused-ring (bicyclic) bond motifs is 1. The summed E-state index contributed by atoms with van der Waals surface area (Å²) in [5, 5.41) is 9.61. The average molecular weight is 402 g/mol. The van der Waals surface area contributed by atoms with E-state index in [0.717, 1.165) is 28.7 Å². The predicted octanol–water partition coefficient (Wildman–Crippen LogP) is 7.56. The van der Waals surface area contributed by atoms with Gasteiger partial charge in [0.1, 0.15) is 0 Å². The molecule has 0 spiro atoms. The SMILES string of the molecule is C=C/C=C(\C=C1/Cc2cccc(C#N)c2C1(C)C)c1ccc(-c2ccccc2C)cc1. The van der Waals surface area contributed by atoms with Crippen molar-refractivity contribution in [1.29, 1.82) is 5.26 Å². The van der Waals surface area contributed by atoms with Crippen molar-refractivity contribution in [1.82, 2.24) is 0 Å². The largest absolute Gasteiger partial charge is 0.192 e. The van der Waals surface area contributed by atoms with Gasteiger partial charge in [-0.15, -0.1) is 0 Å². The first-order valence-corrected chi connectivity index (χ1v) is 10.7. The number of nitrogens with zero attached hydrogens (tertiary/aromatic N) is 1. The Morgan fingerprint density at radius 1 is 1.00 bits per heavy atom. The molecule has 152 valence electrons. The van der Waals surface area contributed by atoms with Crippen LogP contribution >= 0.6 is 0 Å². The van der Waals surface area contributed by atoms with E-state index >= 15 is 0 Å². The zero-order valence-electron chi connectivity index (χ0n) is 18.4. The van der Waals surface area contributed by atoms with Gasteiger partial charge in [0.2, 0.25) is 0 Å². The number of rotatable bonds is 4. The first kappa shape index (κ1) is 20.6. The summed E-state index contributed by atoms with van der Waals surface area (Å²) in [6.07, 6.45) is 7.07. The molecule has 3 aromatic carbocycles. The highest BCUT2D eigenvalue weighted by atomic mass is 14.4. The second kappa shape index (κ2) is 8.25. The minimum atomic E-state index is -0.178. The van der Waals surface area contributed by atoms with E-state index in [2.05, 4.69) is 100 Å². The summed E-state index contributed by atoms with van der Waals surface area (Å²) in [6.45, 7) is 10.5. The lowest BCUT2D eigenvalue weighted by atomic mass is 9.79. The molecule has 1 heteroatoms. The third-order valence-corrected chi connectivity index (χ3v) is 6.38. The number of aryl methyl sites for hydroxylation is 1. The monoisotopic (exact) mass is 401 g/mol. The maximum atomic E-state index is 9.61. The van der Waals surface area contributed by atoms with Crippen LogP contribution in [0.3, 0.4) is 0 Å². The molecule has 1 aliphatic carbocycles. The van der Waals surface area contributed by atoms with Crippen LogP contribution in [-0.2, 0) is 11.8 Å². The summed E-state index contributed by atoms with van der Waals surface area (Å²) in [5.74, 6) is 0. The van der Waals surface area contributed by atoms with Gasteiger partial charge in [-0.2, -0.15) is 5.26 Å². The van der Waals surface area contributed by atoms with E-state index < -0.39 is 0 Å². The van der Waals surface area contributed by atoms with Gasteiger partial charge in [-0.05, 0) is 58.4 Å². The highest BCUT2D eigenvalue weighted by Gasteiger charge is 2.36. The third-order valence-electron chi connectivity index (χ3n) is 6.38. The van der Waals surface area contributed by atoms with E-state index in [1.54, 1.807) is 0 Å². The van der Waals surface area contributed by atoms with Crippen molar-refractivity contribution >= 4 is 5.57 Å².